The maximum atomic E-state index is 13.6. The van der Waals surface area contributed by atoms with Crippen molar-refractivity contribution in [2.24, 2.45) is 0 Å². The van der Waals surface area contributed by atoms with Crippen LogP contribution in [0.4, 0.5) is 4.39 Å². The number of carbonyl (C=O) groups is 1. The zero-order valence-corrected chi connectivity index (χ0v) is 20.2. The number of fused-ring (bicyclic) bond motifs is 2. The van der Waals surface area contributed by atoms with Gasteiger partial charge < -0.3 is 14.1 Å². The lowest BCUT2D eigenvalue weighted by atomic mass is 9.98. The van der Waals surface area contributed by atoms with Gasteiger partial charge in [0.15, 0.2) is 5.43 Å². The van der Waals surface area contributed by atoms with E-state index in [1.54, 1.807) is 41.3 Å². The summed E-state index contributed by atoms with van der Waals surface area (Å²) in [6.45, 7) is 3.03. The molecule has 4 aromatic rings. The molecule has 6 heteroatoms. The van der Waals surface area contributed by atoms with Gasteiger partial charge in [-0.2, -0.15) is 0 Å². The number of benzene rings is 3. The van der Waals surface area contributed by atoms with E-state index in [9.17, 15) is 14.0 Å². The third-order valence-corrected chi connectivity index (χ3v) is 6.60. The fourth-order valence-corrected chi connectivity index (χ4v) is 4.73. The van der Waals surface area contributed by atoms with Crippen molar-refractivity contribution in [3.63, 3.8) is 0 Å². The molecule has 1 amide bonds. The van der Waals surface area contributed by atoms with Crippen molar-refractivity contribution >= 4 is 16.9 Å². The Hall–Kier alpha value is -3.93. The van der Waals surface area contributed by atoms with E-state index in [0.717, 1.165) is 29.7 Å². The number of halogens is 1. The molecule has 0 saturated heterocycles. The second-order valence-corrected chi connectivity index (χ2v) is 9.11. The number of amides is 1. The predicted molar refractivity (Wildman–Crippen MR) is 137 cm³/mol. The van der Waals surface area contributed by atoms with Crippen LogP contribution in [0, 0.1) is 5.82 Å². The Kier molecular flexibility index (Phi) is 6.85. The molecule has 1 atom stereocenters. The Bertz CT molecular complexity index is 1430. The first-order chi connectivity index (χ1) is 17.6. The Labute approximate surface area is 209 Å². The summed E-state index contributed by atoms with van der Waals surface area (Å²) in [7, 11) is 0. The fourth-order valence-electron chi connectivity index (χ4n) is 4.73. The van der Waals surface area contributed by atoms with Crippen LogP contribution in [-0.2, 0) is 6.54 Å². The molecule has 5 nitrogen and oxygen atoms in total. The molecule has 5 rings (SSSR count). The number of hydrogen-bond acceptors (Lipinski definition) is 4. The van der Waals surface area contributed by atoms with E-state index in [-0.39, 0.29) is 29.5 Å². The lowest BCUT2D eigenvalue weighted by molar-refractivity contribution is 0.0714. The third kappa shape index (κ3) is 4.63. The monoisotopic (exact) mass is 485 g/mol. The molecule has 1 aliphatic rings. The Balaban J connectivity index is 1.51. The Morgan fingerprint density at radius 2 is 1.67 bits per heavy atom. The van der Waals surface area contributed by atoms with Crippen molar-refractivity contribution in [3.8, 4) is 5.75 Å². The first-order valence-electron chi connectivity index (χ1n) is 12.4. The number of carbonyl (C=O) groups excluding carboxylic acids is 1. The lowest BCUT2D eigenvalue weighted by Gasteiger charge is -2.25. The van der Waals surface area contributed by atoms with E-state index in [1.165, 1.54) is 25.0 Å². The number of hydrogen-bond donors (Lipinski definition) is 0. The summed E-state index contributed by atoms with van der Waals surface area (Å²) in [6.07, 6.45) is 4.50. The van der Waals surface area contributed by atoms with Gasteiger partial charge in [-0.05, 0) is 53.9 Å². The van der Waals surface area contributed by atoms with Crippen molar-refractivity contribution in [2.45, 2.75) is 45.2 Å². The molecular weight excluding hydrogens is 457 g/mol. The molecule has 0 N–H and O–H groups in total. The zero-order valence-electron chi connectivity index (χ0n) is 20.2. The van der Waals surface area contributed by atoms with Crippen LogP contribution in [-0.4, -0.2) is 17.4 Å². The van der Waals surface area contributed by atoms with Crippen LogP contribution >= 0.6 is 0 Å². The van der Waals surface area contributed by atoms with E-state index in [0.29, 0.717) is 23.1 Å². The van der Waals surface area contributed by atoms with Crippen LogP contribution < -0.4 is 10.2 Å². The molecule has 1 aliphatic heterocycles. The van der Waals surface area contributed by atoms with Gasteiger partial charge in [-0.1, -0.05) is 62.6 Å². The quantitative estimate of drug-likeness (QED) is 0.250. The molecular formula is C30H28FNO4. The second kappa shape index (κ2) is 10.4. The highest BCUT2D eigenvalue weighted by molar-refractivity contribution is 5.99. The van der Waals surface area contributed by atoms with Crippen LogP contribution in [0.3, 0.4) is 0 Å². The minimum atomic E-state index is -0.628. The molecule has 0 bridgehead atoms. The summed E-state index contributed by atoms with van der Waals surface area (Å²) >= 11 is 0. The maximum absolute atomic E-state index is 13.6. The minimum Gasteiger partial charge on any atom is -0.494 e. The zero-order chi connectivity index (χ0) is 25.1. The van der Waals surface area contributed by atoms with Gasteiger partial charge >= 0.3 is 0 Å². The van der Waals surface area contributed by atoms with Gasteiger partial charge in [-0.15, -0.1) is 0 Å². The topological polar surface area (TPSA) is 59.8 Å². The molecule has 3 aromatic carbocycles. The summed E-state index contributed by atoms with van der Waals surface area (Å²) in [5.41, 5.74) is 2.03. The van der Waals surface area contributed by atoms with Crippen LogP contribution in [0.5, 0.6) is 5.75 Å². The number of nitrogens with zero attached hydrogens (tertiary/aromatic N) is 1. The summed E-state index contributed by atoms with van der Waals surface area (Å²) in [5.74, 6) is 0.0932. The standard InChI is InChI=1S/C30H28FNO4/c1-2-3-4-7-18-35-23-16-12-21(13-17-23)27-26-28(33)24-8-5-6-9-25(24)36-29(26)30(34)32(27)19-20-10-14-22(31)15-11-20/h5-6,8-17,27H,2-4,7,18-19H2,1H3. The number of ether oxygens (including phenoxy) is 1. The van der Waals surface area contributed by atoms with Crippen molar-refractivity contribution in [2.75, 3.05) is 6.61 Å². The van der Waals surface area contributed by atoms with Crippen molar-refractivity contribution in [1.29, 1.82) is 0 Å². The molecule has 0 radical (unpaired) electrons. The third-order valence-electron chi connectivity index (χ3n) is 6.60. The van der Waals surface area contributed by atoms with E-state index >= 15 is 0 Å². The summed E-state index contributed by atoms with van der Waals surface area (Å²) in [6, 6.07) is 19.9. The second-order valence-electron chi connectivity index (χ2n) is 9.11. The summed E-state index contributed by atoms with van der Waals surface area (Å²) < 4.78 is 25.3. The summed E-state index contributed by atoms with van der Waals surface area (Å²) in [5, 5.41) is 0.435. The molecule has 0 fully saturated rings. The normalized spacial score (nSPS) is 14.9. The summed E-state index contributed by atoms with van der Waals surface area (Å²) in [4.78, 5) is 28.7. The smallest absolute Gasteiger partial charge is 0.291 e. The van der Waals surface area contributed by atoms with Crippen LogP contribution in [0.25, 0.3) is 11.0 Å². The molecule has 36 heavy (non-hydrogen) atoms. The number of unbranched alkanes of at least 4 members (excludes halogenated alkanes) is 3. The average molecular weight is 486 g/mol. The first-order valence-corrected chi connectivity index (χ1v) is 12.4. The molecule has 2 heterocycles. The van der Waals surface area contributed by atoms with Crippen LogP contribution in [0.15, 0.2) is 82.0 Å². The largest absolute Gasteiger partial charge is 0.494 e. The molecule has 1 aromatic heterocycles. The molecule has 1 unspecified atom stereocenters. The molecule has 184 valence electrons. The van der Waals surface area contributed by atoms with Crippen LogP contribution in [0.2, 0.25) is 0 Å². The van der Waals surface area contributed by atoms with Gasteiger partial charge in [0.05, 0.1) is 23.6 Å². The van der Waals surface area contributed by atoms with Crippen molar-refractivity contribution < 1.29 is 18.3 Å². The Morgan fingerprint density at radius 3 is 2.42 bits per heavy atom. The maximum Gasteiger partial charge on any atom is 0.291 e. The lowest BCUT2D eigenvalue weighted by Crippen LogP contribution is -2.29. The highest BCUT2D eigenvalue weighted by atomic mass is 19.1. The van der Waals surface area contributed by atoms with Crippen molar-refractivity contribution in [3.05, 3.63) is 111 Å². The van der Waals surface area contributed by atoms with E-state index in [2.05, 4.69) is 6.92 Å². The minimum absolute atomic E-state index is 0.0575. The molecule has 0 aliphatic carbocycles. The van der Waals surface area contributed by atoms with Gasteiger partial charge in [0, 0.05) is 6.54 Å². The number of rotatable bonds is 9. The first kappa shape index (κ1) is 23.8. The van der Waals surface area contributed by atoms with E-state index in [4.69, 9.17) is 9.15 Å². The van der Waals surface area contributed by atoms with Crippen molar-refractivity contribution in [1.82, 2.24) is 4.90 Å². The van der Waals surface area contributed by atoms with E-state index in [1.807, 2.05) is 24.3 Å². The Morgan fingerprint density at radius 1 is 0.917 bits per heavy atom. The van der Waals surface area contributed by atoms with Gasteiger partial charge in [0.1, 0.15) is 17.1 Å². The van der Waals surface area contributed by atoms with Gasteiger partial charge in [-0.25, -0.2) is 4.39 Å². The predicted octanol–water partition coefficient (Wildman–Crippen LogP) is 6.64. The molecule has 0 saturated carbocycles. The fraction of sp³-hybridized carbons (Fsp3) is 0.267. The van der Waals surface area contributed by atoms with Gasteiger partial charge in [0.25, 0.3) is 5.91 Å². The SMILES string of the molecule is CCCCCCOc1ccc(C2c3c(oc4ccccc4c3=O)C(=O)N2Cc2ccc(F)cc2)cc1. The van der Waals surface area contributed by atoms with Gasteiger partial charge in [-0.3, -0.25) is 9.59 Å². The average Bonchev–Trinajstić information content (AvgIpc) is 3.17. The van der Waals surface area contributed by atoms with E-state index < -0.39 is 6.04 Å². The number of para-hydroxylation sites is 1. The van der Waals surface area contributed by atoms with Gasteiger partial charge in [0.2, 0.25) is 5.76 Å². The highest BCUT2D eigenvalue weighted by Gasteiger charge is 2.42. The highest BCUT2D eigenvalue weighted by Crippen LogP contribution is 2.39. The molecule has 0 spiro atoms. The van der Waals surface area contributed by atoms with Crippen LogP contribution in [0.1, 0.15) is 65.9 Å².